The molecule has 1 saturated carbocycles. The number of nitrogens with zero attached hydrogens (tertiary/aromatic N) is 3. The van der Waals surface area contributed by atoms with Gasteiger partial charge >= 0.3 is 0 Å². The molecule has 2 aromatic heterocycles. The average molecular weight is 502 g/mol. The van der Waals surface area contributed by atoms with E-state index >= 15 is 0 Å². The SMILES string of the molecule is CC(C)(C)[Si](C)(C)OCC[C@H]1CCc2sc3ncnc(OC4CCC(N5CCCC5)CC4)c3c21. The Morgan fingerprint density at radius 3 is 2.50 bits per heavy atom. The van der Waals surface area contributed by atoms with Gasteiger partial charge in [0.05, 0.1) is 5.39 Å². The Morgan fingerprint density at radius 1 is 1.06 bits per heavy atom. The molecule has 3 aliphatic rings. The zero-order chi connectivity index (χ0) is 23.9. The van der Waals surface area contributed by atoms with Crippen molar-refractivity contribution in [1.82, 2.24) is 14.9 Å². The number of aromatic nitrogens is 2. The van der Waals surface area contributed by atoms with Crippen molar-refractivity contribution < 1.29 is 9.16 Å². The van der Waals surface area contributed by atoms with Crippen molar-refractivity contribution in [2.45, 2.75) is 115 Å². The summed E-state index contributed by atoms with van der Waals surface area (Å²) in [5.41, 5.74) is 1.47. The van der Waals surface area contributed by atoms with E-state index in [4.69, 9.17) is 9.16 Å². The van der Waals surface area contributed by atoms with Gasteiger partial charge in [-0.2, -0.15) is 0 Å². The number of aryl methyl sites for hydroxylation is 1. The molecule has 0 spiro atoms. The molecular formula is C27H43N3O2SSi. The van der Waals surface area contributed by atoms with Crippen molar-refractivity contribution >= 4 is 29.9 Å². The minimum atomic E-state index is -1.71. The molecule has 0 N–H and O–H groups in total. The van der Waals surface area contributed by atoms with Gasteiger partial charge in [-0.15, -0.1) is 11.3 Å². The molecule has 34 heavy (non-hydrogen) atoms. The molecule has 3 heterocycles. The molecule has 0 radical (unpaired) electrons. The normalized spacial score (nSPS) is 26.3. The van der Waals surface area contributed by atoms with Crippen molar-refractivity contribution in [3.05, 3.63) is 16.8 Å². The molecule has 188 valence electrons. The second-order valence-corrected chi connectivity index (χ2v) is 18.1. The predicted octanol–water partition coefficient (Wildman–Crippen LogP) is 6.92. The van der Waals surface area contributed by atoms with Crippen LogP contribution in [0, 0.1) is 0 Å². The fraction of sp³-hybridized carbons (Fsp3) is 0.778. The van der Waals surface area contributed by atoms with Crippen LogP contribution in [0.2, 0.25) is 18.1 Å². The summed E-state index contributed by atoms with van der Waals surface area (Å²) < 4.78 is 13.2. The van der Waals surface area contributed by atoms with Gasteiger partial charge in [-0.05, 0) is 100 Å². The fourth-order valence-corrected chi connectivity index (χ4v) is 8.18. The summed E-state index contributed by atoms with van der Waals surface area (Å²) in [5, 5.41) is 1.46. The van der Waals surface area contributed by atoms with Crippen LogP contribution >= 0.6 is 11.3 Å². The van der Waals surface area contributed by atoms with Gasteiger partial charge in [0.15, 0.2) is 8.32 Å². The Hall–Kier alpha value is -1.02. The number of likely N-dealkylation sites (tertiary alicyclic amines) is 1. The van der Waals surface area contributed by atoms with E-state index in [1.165, 1.54) is 61.0 Å². The highest BCUT2D eigenvalue weighted by Gasteiger charge is 2.38. The van der Waals surface area contributed by atoms with E-state index in [9.17, 15) is 0 Å². The highest BCUT2D eigenvalue weighted by atomic mass is 32.1. The van der Waals surface area contributed by atoms with E-state index < -0.39 is 8.32 Å². The Balaban J connectivity index is 1.27. The van der Waals surface area contributed by atoms with Crippen LogP contribution < -0.4 is 4.74 Å². The Bertz CT molecular complexity index is 988. The molecule has 0 amide bonds. The smallest absolute Gasteiger partial charge is 0.225 e. The van der Waals surface area contributed by atoms with E-state index in [2.05, 4.69) is 48.7 Å². The molecule has 2 fully saturated rings. The zero-order valence-electron chi connectivity index (χ0n) is 21.9. The molecule has 2 aromatic rings. The molecule has 0 bridgehead atoms. The third-order valence-electron chi connectivity index (χ3n) is 9.01. The second kappa shape index (κ2) is 9.79. The lowest BCUT2D eigenvalue weighted by Crippen LogP contribution is -2.41. The average Bonchev–Trinajstić information content (AvgIpc) is 3.51. The van der Waals surface area contributed by atoms with Crippen molar-refractivity contribution in [1.29, 1.82) is 0 Å². The lowest BCUT2D eigenvalue weighted by molar-refractivity contribution is 0.0978. The summed E-state index contributed by atoms with van der Waals surface area (Å²) in [7, 11) is -1.71. The number of hydrogen-bond acceptors (Lipinski definition) is 6. The third-order valence-corrected chi connectivity index (χ3v) is 14.7. The standard InChI is InChI=1S/C27H43N3O2SSi/c1-27(2,3)34(4,5)31-17-14-19-8-13-22-23(19)24-25(28-18-29-26(24)33-22)32-21-11-9-20(10-12-21)30-15-6-7-16-30/h18-21H,6-17H2,1-5H3/t19-,20?,21?/m1/s1. The van der Waals surface area contributed by atoms with E-state index in [1.54, 1.807) is 6.33 Å². The van der Waals surface area contributed by atoms with Crippen LogP contribution in [-0.2, 0) is 10.8 Å². The number of fused-ring (bicyclic) bond motifs is 3. The van der Waals surface area contributed by atoms with Crippen LogP contribution in [-0.4, -0.2) is 55.0 Å². The molecule has 7 heteroatoms. The van der Waals surface area contributed by atoms with Crippen LogP contribution in [0.5, 0.6) is 5.88 Å². The second-order valence-electron chi connectivity index (χ2n) is 12.2. The van der Waals surface area contributed by atoms with Gasteiger partial charge in [0, 0.05) is 17.5 Å². The highest BCUT2D eigenvalue weighted by molar-refractivity contribution is 7.19. The summed E-state index contributed by atoms with van der Waals surface area (Å²) in [4.78, 5) is 14.6. The maximum absolute atomic E-state index is 6.63. The molecule has 1 atom stereocenters. The van der Waals surface area contributed by atoms with Crippen LogP contribution in [0.4, 0.5) is 0 Å². The van der Waals surface area contributed by atoms with Gasteiger partial charge in [-0.25, -0.2) is 9.97 Å². The van der Waals surface area contributed by atoms with Crippen LogP contribution in [0.25, 0.3) is 10.2 Å². The predicted molar refractivity (Wildman–Crippen MR) is 144 cm³/mol. The van der Waals surface area contributed by atoms with Crippen LogP contribution in [0.1, 0.15) is 88.5 Å². The Labute approximate surface area is 210 Å². The summed E-state index contributed by atoms with van der Waals surface area (Å²) in [6, 6.07) is 0.767. The maximum atomic E-state index is 6.63. The molecule has 0 unspecified atom stereocenters. The topological polar surface area (TPSA) is 47.5 Å². The summed E-state index contributed by atoms with van der Waals surface area (Å²) in [6.45, 7) is 15.1. The van der Waals surface area contributed by atoms with Gasteiger partial charge in [-0.1, -0.05) is 20.8 Å². The van der Waals surface area contributed by atoms with E-state index in [0.717, 1.165) is 49.0 Å². The molecule has 1 saturated heterocycles. The first-order valence-electron chi connectivity index (χ1n) is 13.5. The van der Waals surface area contributed by atoms with Crippen molar-refractivity contribution in [3.8, 4) is 5.88 Å². The van der Waals surface area contributed by atoms with Crippen molar-refractivity contribution in [2.75, 3.05) is 19.7 Å². The first kappa shape index (κ1) is 24.7. The van der Waals surface area contributed by atoms with Crippen molar-refractivity contribution in [2.24, 2.45) is 0 Å². The van der Waals surface area contributed by atoms with Gasteiger partial charge in [0.2, 0.25) is 5.88 Å². The minimum absolute atomic E-state index is 0.256. The molecule has 5 nitrogen and oxygen atoms in total. The molecule has 5 rings (SSSR count). The summed E-state index contributed by atoms with van der Waals surface area (Å²) >= 11 is 1.86. The quantitative estimate of drug-likeness (QED) is 0.385. The molecule has 2 aliphatic carbocycles. The van der Waals surface area contributed by atoms with Crippen LogP contribution in [0.15, 0.2) is 6.33 Å². The Kier molecular flexibility index (Phi) is 7.10. The third kappa shape index (κ3) is 4.95. The number of thiophene rings is 1. The molecule has 0 aromatic carbocycles. The maximum Gasteiger partial charge on any atom is 0.225 e. The summed E-state index contributed by atoms with van der Waals surface area (Å²) in [5.74, 6) is 1.37. The van der Waals surface area contributed by atoms with Gasteiger partial charge in [-0.3, -0.25) is 0 Å². The molecule has 1 aliphatic heterocycles. The minimum Gasteiger partial charge on any atom is -0.474 e. The van der Waals surface area contributed by atoms with E-state index in [-0.39, 0.29) is 11.1 Å². The number of ether oxygens (including phenoxy) is 1. The first-order valence-corrected chi connectivity index (χ1v) is 17.3. The van der Waals surface area contributed by atoms with Gasteiger partial charge in [0.1, 0.15) is 17.3 Å². The lowest BCUT2D eigenvalue weighted by atomic mass is 9.92. The monoisotopic (exact) mass is 501 g/mol. The van der Waals surface area contributed by atoms with E-state index in [0.29, 0.717) is 5.92 Å². The van der Waals surface area contributed by atoms with E-state index in [1.807, 2.05) is 11.3 Å². The Morgan fingerprint density at radius 2 is 1.79 bits per heavy atom. The largest absolute Gasteiger partial charge is 0.474 e. The lowest BCUT2D eigenvalue weighted by Gasteiger charge is -2.36. The summed E-state index contributed by atoms with van der Waals surface area (Å²) in [6.07, 6.45) is 13.0. The molecular weight excluding hydrogens is 458 g/mol. The van der Waals surface area contributed by atoms with Crippen molar-refractivity contribution in [3.63, 3.8) is 0 Å². The zero-order valence-corrected chi connectivity index (χ0v) is 23.7. The number of rotatable bonds is 7. The van der Waals surface area contributed by atoms with Gasteiger partial charge < -0.3 is 14.1 Å². The first-order chi connectivity index (χ1) is 16.2. The van der Waals surface area contributed by atoms with Gasteiger partial charge in [0.25, 0.3) is 0 Å². The van der Waals surface area contributed by atoms with Crippen LogP contribution in [0.3, 0.4) is 0 Å². The highest BCUT2D eigenvalue weighted by Crippen LogP contribution is 2.48. The fourth-order valence-electron chi connectivity index (χ4n) is 5.88. The number of hydrogen-bond donors (Lipinski definition) is 0.